The summed E-state index contributed by atoms with van der Waals surface area (Å²) in [5, 5.41) is 0. The number of methoxy groups -OCH3 is 1. The van der Waals surface area contributed by atoms with E-state index in [0.29, 0.717) is 19.6 Å². The molecule has 6 nitrogen and oxygen atoms in total. The predicted octanol–water partition coefficient (Wildman–Crippen LogP) is 2.62. The zero-order valence-electron chi connectivity index (χ0n) is 14.8. The van der Waals surface area contributed by atoms with E-state index in [9.17, 15) is 9.59 Å². The van der Waals surface area contributed by atoms with Crippen LogP contribution in [0.5, 0.6) is 5.75 Å². The molecule has 0 aliphatic carbocycles. The molecule has 2 aromatic rings. The van der Waals surface area contributed by atoms with Crippen LogP contribution in [-0.4, -0.2) is 36.9 Å². The number of hydrogen-bond donors (Lipinski definition) is 0. The average Bonchev–Trinajstić information content (AvgIpc) is 3.30. The fraction of sp³-hybridized carbons (Fsp3) is 0.400. The molecule has 1 saturated heterocycles. The molecule has 0 saturated carbocycles. The number of benzene rings is 1. The number of carbonyl (C=O) groups excluding carboxylic acids is 2. The van der Waals surface area contributed by atoms with Gasteiger partial charge >= 0.3 is 0 Å². The topological polar surface area (TPSA) is 63.0 Å². The maximum atomic E-state index is 13.1. The van der Waals surface area contributed by atoms with Crippen molar-refractivity contribution in [1.82, 2.24) is 4.90 Å². The minimum absolute atomic E-state index is 0.00622. The summed E-state index contributed by atoms with van der Waals surface area (Å²) >= 11 is 0. The van der Waals surface area contributed by atoms with Gasteiger partial charge in [0, 0.05) is 25.2 Å². The fourth-order valence-electron chi connectivity index (χ4n) is 3.83. The van der Waals surface area contributed by atoms with Crippen molar-refractivity contribution in [2.45, 2.75) is 25.8 Å². The highest BCUT2D eigenvalue weighted by Crippen LogP contribution is 2.33. The number of fused-ring (bicyclic) bond motifs is 1. The first-order chi connectivity index (χ1) is 12.7. The van der Waals surface area contributed by atoms with Gasteiger partial charge in [0.05, 0.1) is 25.8 Å². The third-order valence-corrected chi connectivity index (χ3v) is 5.16. The Balaban J connectivity index is 1.49. The Morgan fingerprint density at radius 3 is 3.00 bits per heavy atom. The van der Waals surface area contributed by atoms with Crippen LogP contribution in [0.4, 0.5) is 5.69 Å². The van der Waals surface area contributed by atoms with E-state index in [-0.39, 0.29) is 24.2 Å². The second-order valence-corrected chi connectivity index (χ2v) is 6.84. The molecule has 0 spiro atoms. The number of aryl methyl sites for hydroxylation is 1. The van der Waals surface area contributed by atoms with E-state index in [1.165, 1.54) is 0 Å². The number of carbonyl (C=O) groups is 2. The largest absolute Gasteiger partial charge is 0.497 e. The van der Waals surface area contributed by atoms with Gasteiger partial charge in [-0.1, -0.05) is 0 Å². The van der Waals surface area contributed by atoms with Gasteiger partial charge in [-0.3, -0.25) is 9.59 Å². The van der Waals surface area contributed by atoms with Crippen molar-refractivity contribution in [1.29, 1.82) is 0 Å². The van der Waals surface area contributed by atoms with Crippen molar-refractivity contribution < 1.29 is 18.7 Å². The number of likely N-dealkylation sites (tertiary alicyclic amines) is 1. The molecule has 3 heterocycles. The van der Waals surface area contributed by atoms with Gasteiger partial charge in [-0.2, -0.15) is 0 Å². The Bertz CT molecular complexity index is 815. The Hall–Kier alpha value is -2.76. The molecular formula is C20H22N2O4. The quantitative estimate of drug-likeness (QED) is 0.847. The van der Waals surface area contributed by atoms with E-state index in [2.05, 4.69) is 0 Å². The SMILES string of the molecule is COc1ccc2c(c1)CCCN2C(=O)C1CC(=O)N(Cc2ccco2)C1. The van der Waals surface area contributed by atoms with Crippen LogP contribution in [0.25, 0.3) is 0 Å². The molecule has 26 heavy (non-hydrogen) atoms. The Morgan fingerprint density at radius 2 is 2.23 bits per heavy atom. The molecular weight excluding hydrogens is 332 g/mol. The van der Waals surface area contributed by atoms with Crippen LogP contribution in [0.3, 0.4) is 0 Å². The van der Waals surface area contributed by atoms with E-state index >= 15 is 0 Å². The maximum absolute atomic E-state index is 13.1. The van der Waals surface area contributed by atoms with Crippen LogP contribution in [0.2, 0.25) is 0 Å². The molecule has 2 aliphatic heterocycles. The molecule has 0 bridgehead atoms. The summed E-state index contributed by atoms with van der Waals surface area (Å²) in [5.74, 6) is 1.28. The molecule has 1 aromatic carbocycles. The lowest BCUT2D eigenvalue weighted by molar-refractivity contribution is -0.129. The standard InChI is InChI=1S/C20H22N2O4/c1-25-16-6-7-18-14(10-16)4-2-8-22(18)20(24)15-11-19(23)21(12-15)13-17-5-3-9-26-17/h3,5-7,9-10,15H,2,4,8,11-13H2,1H3. The van der Waals surface area contributed by atoms with Gasteiger partial charge in [0.15, 0.2) is 0 Å². The number of anilines is 1. The summed E-state index contributed by atoms with van der Waals surface area (Å²) in [4.78, 5) is 29.0. The van der Waals surface area contributed by atoms with E-state index < -0.39 is 0 Å². The van der Waals surface area contributed by atoms with Crippen molar-refractivity contribution in [2.75, 3.05) is 25.1 Å². The first kappa shape index (κ1) is 16.7. The van der Waals surface area contributed by atoms with Crippen LogP contribution < -0.4 is 9.64 Å². The van der Waals surface area contributed by atoms with Crippen LogP contribution in [0.1, 0.15) is 24.2 Å². The van der Waals surface area contributed by atoms with Crippen molar-refractivity contribution in [3.8, 4) is 5.75 Å². The van der Waals surface area contributed by atoms with Gasteiger partial charge in [-0.05, 0) is 48.7 Å². The third-order valence-electron chi connectivity index (χ3n) is 5.16. The summed E-state index contributed by atoms with van der Waals surface area (Å²) in [7, 11) is 1.64. The molecule has 4 rings (SSSR count). The number of rotatable bonds is 4. The smallest absolute Gasteiger partial charge is 0.232 e. The lowest BCUT2D eigenvalue weighted by atomic mass is 9.98. The molecule has 0 radical (unpaired) electrons. The Labute approximate surface area is 152 Å². The maximum Gasteiger partial charge on any atom is 0.232 e. The second-order valence-electron chi connectivity index (χ2n) is 6.84. The zero-order chi connectivity index (χ0) is 18.1. The normalized spacial score (nSPS) is 19.6. The third kappa shape index (κ3) is 3.07. The summed E-state index contributed by atoms with van der Waals surface area (Å²) < 4.78 is 10.6. The van der Waals surface area contributed by atoms with Gasteiger partial charge in [-0.25, -0.2) is 0 Å². The summed E-state index contributed by atoms with van der Waals surface area (Å²) in [6, 6.07) is 9.47. The number of amides is 2. The molecule has 1 unspecified atom stereocenters. The van der Waals surface area contributed by atoms with Crippen LogP contribution in [0.15, 0.2) is 41.0 Å². The molecule has 6 heteroatoms. The Kier molecular flexibility index (Phi) is 4.41. The van der Waals surface area contributed by atoms with Crippen molar-refractivity contribution in [2.24, 2.45) is 5.92 Å². The van der Waals surface area contributed by atoms with Crippen LogP contribution >= 0.6 is 0 Å². The highest BCUT2D eigenvalue weighted by atomic mass is 16.5. The van der Waals surface area contributed by atoms with Crippen LogP contribution in [-0.2, 0) is 22.6 Å². The van der Waals surface area contributed by atoms with Crippen molar-refractivity contribution in [3.63, 3.8) is 0 Å². The zero-order valence-corrected chi connectivity index (χ0v) is 14.8. The molecule has 2 amide bonds. The van der Waals surface area contributed by atoms with E-state index in [4.69, 9.17) is 9.15 Å². The molecule has 1 aromatic heterocycles. The van der Waals surface area contributed by atoms with Gasteiger partial charge in [-0.15, -0.1) is 0 Å². The van der Waals surface area contributed by atoms with Gasteiger partial charge in [0.1, 0.15) is 11.5 Å². The molecule has 2 aliphatic rings. The highest BCUT2D eigenvalue weighted by Gasteiger charge is 2.38. The average molecular weight is 354 g/mol. The first-order valence-corrected chi connectivity index (χ1v) is 8.94. The highest BCUT2D eigenvalue weighted by molar-refractivity contribution is 5.99. The van der Waals surface area contributed by atoms with E-state index in [1.807, 2.05) is 29.2 Å². The van der Waals surface area contributed by atoms with Crippen molar-refractivity contribution >= 4 is 17.5 Å². The second kappa shape index (κ2) is 6.86. The van der Waals surface area contributed by atoms with Gasteiger partial charge in [0.2, 0.25) is 11.8 Å². The minimum atomic E-state index is -0.300. The molecule has 136 valence electrons. The van der Waals surface area contributed by atoms with Crippen LogP contribution in [0, 0.1) is 5.92 Å². The molecule has 1 atom stereocenters. The molecule has 1 fully saturated rings. The number of hydrogen-bond acceptors (Lipinski definition) is 4. The molecule has 0 N–H and O–H groups in total. The van der Waals surface area contributed by atoms with Gasteiger partial charge < -0.3 is 19.0 Å². The predicted molar refractivity (Wildman–Crippen MR) is 95.9 cm³/mol. The first-order valence-electron chi connectivity index (χ1n) is 8.94. The van der Waals surface area contributed by atoms with E-state index in [1.54, 1.807) is 24.3 Å². The van der Waals surface area contributed by atoms with E-state index in [0.717, 1.165) is 35.6 Å². The number of furan rings is 1. The van der Waals surface area contributed by atoms with Crippen molar-refractivity contribution in [3.05, 3.63) is 47.9 Å². The lowest BCUT2D eigenvalue weighted by Gasteiger charge is -2.31. The summed E-state index contributed by atoms with van der Waals surface area (Å²) in [5.41, 5.74) is 2.07. The fourth-order valence-corrected chi connectivity index (χ4v) is 3.83. The summed E-state index contributed by atoms with van der Waals surface area (Å²) in [6.07, 6.45) is 3.71. The summed E-state index contributed by atoms with van der Waals surface area (Å²) in [6.45, 7) is 1.56. The monoisotopic (exact) mass is 354 g/mol. The lowest BCUT2D eigenvalue weighted by Crippen LogP contribution is -2.40. The Morgan fingerprint density at radius 1 is 1.35 bits per heavy atom. The number of ether oxygens (including phenoxy) is 1. The van der Waals surface area contributed by atoms with Gasteiger partial charge in [0.25, 0.3) is 0 Å². The minimum Gasteiger partial charge on any atom is -0.497 e. The number of nitrogens with zero attached hydrogens (tertiary/aromatic N) is 2.